The van der Waals surface area contributed by atoms with Crippen LogP contribution in [0.4, 0.5) is 0 Å². The second-order valence-corrected chi connectivity index (χ2v) is 6.06. The van der Waals surface area contributed by atoms with Crippen molar-refractivity contribution in [2.75, 3.05) is 19.3 Å². The number of nitrogens with one attached hydrogen (secondary N) is 1. The molecule has 1 N–H and O–H groups in total. The maximum Gasteiger partial charge on any atom is 0.226 e. The van der Waals surface area contributed by atoms with Crippen LogP contribution in [0.25, 0.3) is 0 Å². The van der Waals surface area contributed by atoms with E-state index >= 15 is 0 Å². The summed E-state index contributed by atoms with van der Waals surface area (Å²) in [6.07, 6.45) is 2.68. The number of carbonyl (C=O) groups excluding carboxylic acids is 1. The second-order valence-electron chi connectivity index (χ2n) is 4.07. The van der Waals surface area contributed by atoms with Gasteiger partial charge in [-0.3, -0.25) is 4.79 Å². The highest BCUT2D eigenvalue weighted by molar-refractivity contribution is 7.88. The van der Waals surface area contributed by atoms with Crippen molar-refractivity contribution in [3.8, 4) is 0 Å². The average Bonchev–Trinajstić information content (AvgIpc) is 2.61. The van der Waals surface area contributed by atoms with Crippen LogP contribution in [0, 0.1) is 5.92 Å². The van der Waals surface area contributed by atoms with Crippen molar-refractivity contribution < 1.29 is 17.6 Å². The van der Waals surface area contributed by atoms with Crippen molar-refractivity contribution in [2.45, 2.75) is 6.54 Å². The maximum atomic E-state index is 11.6. The summed E-state index contributed by atoms with van der Waals surface area (Å²) < 4.78 is 28.6. The Morgan fingerprint density at radius 2 is 2.29 bits per heavy atom. The number of furan rings is 1. The predicted octanol–water partition coefficient (Wildman–Crippen LogP) is -0.213. The minimum absolute atomic E-state index is 0.138. The van der Waals surface area contributed by atoms with Gasteiger partial charge < -0.3 is 9.73 Å². The lowest BCUT2D eigenvalue weighted by molar-refractivity contribution is -0.128. The van der Waals surface area contributed by atoms with E-state index < -0.39 is 10.0 Å². The van der Waals surface area contributed by atoms with Crippen molar-refractivity contribution in [3.05, 3.63) is 24.2 Å². The normalized spacial score (nSPS) is 17.7. The fraction of sp³-hybridized carbons (Fsp3) is 0.500. The van der Waals surface area contributed by atoms with Gasteiger partial charge in [-0.15, -0.1) is 0 Å². The molecule has 1 aromatic heterocycles. The summed E-state index contributed by atoms with van der Waals surface area (Å²) in [6.45, 7) is 0.868. The molecule has 0 atom stereocenters. The second kappa shape index (κ2) is 4.50. The molecule has 0 saturated carbocycles. The molecule has 0 radical (unpaired) electrons. The monoisotopic (exact) mass is 258 g/mol. The molecule has 0 aliphatic carbocycles. The lowest BCUT2D eigenvalue weighted by Crippen LogP contribution is -2.55. The molecule has 2 rings (SSSR count). The van der Waals surface area contributed by atoms with Gasteiger partial charge in [0.05, 0.1) is 25.0 Å². The van der Waals surface area contributed by atoms with Gasteiger partial charge in [0, 0.05) is 13.1 Å². The maximum absolute atomic E-state index is 11.6. The molecule has 1 fully saturated rings. The zero-order chi connectivity index (χ0) is 12.5. The lowest BCUT2D eigenvalue weighted by Gasteiger charge is -2.35. The van der Waals surface area contributed by atoms with Gasteiger partial charge in [0.15, 0.2) is 0 Å². The number of amides is 1. The zero-order valence-electron chi connectivity index (χ0n) is 9.42. The Labute approximate surface area is 99.6 Å². The molecule has 0 unspecified atom stereocenters. The van der Waals surface area contributed by atoms with E-state index in [9.17, 15) is 13.2 Å². The Bertz CT molecular complexity index is 488. The molecule has 7 heteroatoms. The first kappa shape index (κ1) is 12.1. The number of rotatable bonds is 4. The summed E-state index contributed by atoms with van der Waals surface area (Å²) in [6, 6.07) is 3.51. The fourth-order valence-electron chi connectivity index (χ4n) is 1.61. The third-order valence-electron chi connectivity index (χ3n) is 2.70. The molecule has 94 valence electrons. The van der Waals surface area contributed by atoms with Gasteiger partial charge in [0.25, 0.3) is 0 Å². The summed E-state index contributed by atoms with van der Waals surface area (Å²) in [4.78, 5) is 11.6. The number of nitrogens with zero attached hydrogens (tertiary/aromatic N) is 1. The molecule has 0 bridgehead atoms. The summed E-state index contributed by atoms with van der Waals surface area (Å²) in [5.74, 6) is 0.290. The molecule has 17 heavy (non-hydrogen) atoms. The van der Waals surface area contributed by atoms with Crippen LogP contribution in [0.15, 0.2) is 22.8 Å². The number of carbonyl (C=O) groups is 1. The van der Waals surface area contributed by atoms with Crippen LogP contribution in [-0.2, 0) is 21.4 Å². The molecular weight excluding hydrogens is 244 g/mol. The van der Waals surface area contributed by atoms with Gasteiger partial charge >= 0.3 is 0 Å². The minimum atomic E-state index is -3.16. The summed E-state index contributed by atoms with van der Waals surface area (Å²) in [5.41, 5.74) is 0. The van der Waals surface area contributed by atoms with E-state index in [2.05, 4.69) is 5.32 Å². The Hall–Kier alpha value is -1.34. The number of sulfonamides is 1. The molecule has 1 aliphatic heterocycles. The standard InChI is InChI=1S/C10H14N2O4S/c1-17(14,15)12-6-8(7-12)10(13)11-5-9-3-2-4-16-9/h2-4,8H,5-7H2,1H3,(H,11,13). The lowest BCUT2D eigenvalue weighted by atomic mass is 10.0. The van der Waals surface area contributed by atoms with Crippen molar-refractivity contribution in [3.63, 3.8) is 0 Å². The van der Waals surface area contributed by atoms with Crippen LogP contribution in [0.5, 0.6) is 0 Å². The van der Waals surface area contributed by atoms with Crippen LogP contribution in [-0.4, -0.2) is 38.0 Å². The summed E-state index contributed by atoms with van der Waals surface area (Å²) in [5, 5.41) is 2.70. The predicted molar refractivity (Wildman–Crippen MR) is 60.5 cm³/mol. The Morgan fingerprint density at radius 3 is 2.82 bits per heavy atom. The highest BCUT2D eigenvalue weighted by atomic mass is 32.2. The average molecular weight is 258 g/mol. The molecule has 0 spiro atoms. The highest BCUT2D eigenvalue weighted by Crippen LogP contribution is 2.18. The first-order chi connectivity index (χ1) is 7.97. The van der Waals surface area contributed by atoms with Crippen LogP contribution in [0.2, 0.25) is 0 Å². The van der Waals surface area contributed by atoms with Crippen molar-refractivity contribution >= 4 is 15.9 Å². The van der Waals surface area contributed by atoms with Gasteiger partial charge in [-0.2, -0.15) is 0 Å². The van der Waals surface area contributed by atoms with Crippen LogP contribution < -0.4 is 5.32 Å². The van der Waals surface area contributed by atoms with Crippen molar-refractivity contribution in [1.82, 2.24) is 9.62 Å². The van der Waals surface area contributed by atoms with Crippen LogP contribution in [0.3, 0.4) is 0 Å². The van der Waals surface area contributed by atoms with Gasteiger partial charge in [-0.05, 0) is 12.1 Å². The highest BCUT2D eigenvalue weighted by Gasteiger charge is 2.37. The SMILES string of the molecule is CS(=O)(=O)N1CC(C(=O)NCc2ccco2)C1. The third-order valence-corrected chi connectivity index (χ3v) is 3.94. The van der Waals surface area contributed by atoms with E-state index in [0.717, 1.165) is 6.26 Å². The zero-order valence-corrected chi connectivity index (χ0v) is 10.2. The molecule has 2 heterocycles. The molecule has 1 aromatic rings. The van der Waals surface area contributed by atoms with Gasteiger partial charge in [0.1, 0.15) is 5.76 Å². The molecule has 1 aliphatic rings. The molecule has 0 aromatic carbocycles. The van der Waals surface area contributed by atoms with E-state index in [-0.39, 0.29) is 24.9 Å². The third kappa shape index (κ3) is 2.86. The fourth-order valence-corrected chi connectivity index (χ4v) is 2.51. The van der Waals surface area contributed by atoms with E-state index in [1.54, 1.807) is 12.1 Å². The molecular formula is C10H14N2O4S. The topological polar surface area (TPSA) is 79.6 Å². The molecule has 6 nitrogen and oxygen atoms in total. The number of hydrogen-bond acceptors (Lipinski definition) is 4. The first-order valence-electron chi connectivity index (χ1n) is 5.22. The number of hydrogen-bond donors (Lipinski definition) is 1. The van der Waals surface area contributed by atoms with Crippen molar-refractivity contribution in [2.24, 2.45) is 5.92 Å². The van der Waals surface area contributed by atoms with E-state index in [4.69, 9.17) is 4.42 Å². The molecule has 1 saturated heterocycles. The van der Waals surface area contributed by atoms with E-state index in [1.165, 1.54) is 10.6 Å². The first-order valence-corrected chi connectivity index (χ1v) is 7.07. The minimum Gasteiger partial charge on any atom is -0.467 e. The van der Waals surface area contributed by atoms with Gasteiger partial charge in [-0.25, -0.2) is 12.7 Å². The summed E-state index contributed by atoms with van der Waals surface area (Å²) in [7, 11) is -3.16. The quantitative estimate of drug-likeness (QED) is 0.810. The smallest absolute Gasteiger partial charge is 0.226 e. The van der Waals surface area contributed by atoms with E-state index in [1.807, 2.05) is 0 Å². The Kier molecular flexibility index (Phi) is 3.21. The summed E-state index contributed by atoms with van der Waals surface area (Å²) >= 11 is 0. The molecule has 1 amide bonds. The van der Waals surface area contributed by atoms with Crippen molar-refractivity contribution in [1.29, 1.82) is 0 Å². The van der Waals surface area contributed by atoms with Crippen LogP contribution in [0.1, 0.15) is 5.76 Å². The largest absolute Gasteiger partial charge is 0.467 e. The van der Waals surface area contributed by atoms with Gasteiger partial charge in [0.2, 0.25) is 15.9 Å². The van der Waals surface area contributed by atoms with Crippen LogP contribution >= 0.6 is 0 Å². The van der Waals surface area contributed by atoms with Gasteiger partial charge in [-0.1, -0.05) is 0 Å². The Balaban J connectivity index is 1.76. The van der Waals surface area contributed by atoms with E-state index in [0.29, 0.717) is 12.3 Å². The Morgan fingerprint density at radius 1 is 1.59 bits per heavy atom.